The van der Waals surface area contributed by atoms with Crippen LogP contribution in [0.3, 0.4) is 0 Å². The number of aromatic nitrogens is 3. The molecule has 22 heavy (non-hydrogen) atoms. The number of aryl methyl sites for hydroxylation is 1. The number of likely N-dealkylation sites (tertiary alicyclic amines) is 1. The van der Waals surface area contributed by atoms with Crippen molar-refractivity contribution in [1.29, 1.82) is 0 Å². The second-order valence-corrected chi connectivity index (χ2v) is 5.97. The van der Waals surface area contributed by atoms with Gasteiger partial charge in [0.1, 0.15) is 18.4 Å². The fraction of sp³-hybridized carbons (Fsp3) is 0.714. The van der Waals surface area contributed by atoms with Crippen molar-refractivity contribution in [2.45, 2.75) is 57.7 Å². The Morgan fingerprint density at radius 1 is 1.18 bits per heavy atom. The number of amides is 2. The van der Waals surface area contributed by atoms with E-state index in [0.29, 0.717) is 19.5 Å². The maximum Gasteiger partial charge on any atom is 0.346 e. The molecule has 2 amide bonds. The highest BCUT2D eigenvalue weighted by Crippen LogP contribution is 2.17. The summed E-state index contributed by atoms with van der Waals surface area (Å²) in [5.74, 6) is -0.000256. The van der Waals surface area contributed by atoms with Crippen LogP contribution in [0.15, 0.2) is 4.79 Å². The van der Waals surface area contributed by atoms with E-state index < -0.39 is 11.9 Å². The third kappa shape index (κ3) is 2.65. The van der Waals surface area contributed by atoms with Crippen LogP contribution in [0, 0.1) is 0 Å². The minimum absolute atomic E-state index is 0.122. The largest absolute Gasteiger partial charge is 0.368 e. The number of carbonyl (C=O) groups excluding carboxylic acids is 2. The molecule has 8 heteroatoms. The molecule has 1 aromatic heterocycles. The third-order valence-electron chi connectivity index (χ3n) is 4.47. The fourth-order valence-corrected chi connectivity index (χ4v) is 3.30. The zero-order valence-electron chi connectivity index (χ0n) is 12.5. The van der Waals surface area contributed by atoms with Crippen LogP contribution in [0.2, 0.25) is 0 Å². The zero-order chi connectivity index (χ0) is 15.7. The van der Waals surface area contributed by atoms with Gasteiger partial charge in [0.25, 0.3) is 0 Å². The fourth-order valence-electron chi connectivity index (χ4n) is 3.30. The summed E-state index contributed by atoms with van der Waals surface area (Å²) in [6.07, 6.45) is 5.07. The molecular formula is C14H21N5O3. The summed E-state index contributed by atoms with van der Waals surface area (Å²) >= 11 is 0. The standard InChI is InChI=1S/C14H21N5O3/c15-13(21)10-5-1-3-7-17(10)12(20)9-19-14(22)18-8-4-2-6-11(18)16-19/h10H,1-9H2,(H2,15,21). The molecule has 3 heterocycles. The Morgan fingerprint density at radius 2 is 1.95 bits per heavy atom. The number of carbonyl (C=O) groups is 2. The van der Waals surface area contributed by atoms with Crippen molar-refractivity contribution < 1.29 is 9.59 Å². The first kappa shape index (κ1) is 14.8. The topological polar surface area (TPSA) is 103 Å². The van der Waals surface area contributed by atoms with Crippen molar-refractivity contribution in [2.24, 2.45) is 5.73 Å². The van der Waals surface area contributed by atoms with Gasteiger partial charge in [-0.1, -0.05) is 0 Å². The summed E-state index contributed by atoms with van der Waals surface area (Å²) in [6.45, 7) is 1.05. The molecule has 1 unspecified atom stereocenters. The van der Waals surface area contributed by atoms with Crippen LogP contribution in [0.5, 0.6) is 0 Å². The van der Waals surface area contributed by atoms with Gasteiger partial charge in [-0.2, -0.15) is 5.10 Å². The maximum atomic E-state index is 12.5. The number of piperidine rings is 1. The highest BCUT2D eigenvalue weighted by molar-refractivity contribution is 5.86. The summed E-state index contributed by atoms with van der Waals surface area (Å²) < 4.78 is 2.86. The molecule has 0 aromatic carbocycles. The smallest absolute Gasteiger partial charge is 0.346 e. The first-order chi connectivity index (χ1) is 10.6. The minimum atomic E-state index is -0.561. The lowest BCUT2D eigenvalue weighted by molar-refractivity contribution is -0.141. The van der Waals surface area contributed by atoms with Gasteiger partial charge in [-0.25, -0.2) is 9.48 Å². The maximum absolute atomic E-state index is 12.5. The van der Waals surface area contributed by atoms with E-state index >= 15 is 0 Å². The molecule has 0 radical (unpaired) electrons. The van der Waals surface area contributed by atoms with E-state index in [4.69, 9.17) is 5.73 Å². The van der Waals surface area contributed by atoms with Gasteiger partial charge in [0.2, 0.25) is 11.8 Å². The van der Waals surface area contributed by atoms with Gasteiger partial charge < -0.3 is 10.6 Å². The Balaban J connectivity index is 1.78. The van der Waals surface area contributed by atoms with Crippen LogP contribution in [0.1, 0.15) is 37.9 Å². The van der Waals surface area contributed by atoms with E-state index in [9.17, 15) is 14.4 Å². The molecule has 0 bridgehead atoms. The van der Waals surface area contributed by atoms with Crippen LogP contribution >= 0.6 is 0 Å². The molecule has 1 fully saturated rings. The molecule has 1 saturated heterocycles. The van der Waals surface area contributed by atoms with Gasteiger partial charge in [0, 0.05) is 19.5 Å². The molecule has 1 aromatic rings. The van der Waals surface area contributed by atoms with E-state index in [1.165, 1.54) is 9.58 Å². The van der Waals surface area contributed by atoms with Crippen molar-refractivity contribution in [3.05, 3.63) is 16.3 Å². The minimum Gasteiger partial charge on any atom is -0.368 e. The summed E-state index contributed by atoms with van der Waals surface area (Å²) in [4.78, 5) is 37.7. The Bertz CT molecular complexity index is 647. The van der Waals surface area contributed by atoms with Crippen molar-refractivity contribution in [1.82, 2.24) is 19.2 Å². The number of fused-ring (bicyclic) bond motifs is 1. The van der Waals surface area contributed by atoms with Crippen LogP contribution in [0.4, 0.5) is 0 Å². The predicted molar refractivity (Wildman–Crippen MR) is 78.0 cm³/mol. The number of rotatable bonds is 3. The predicted octanol–water partition coefficient (Wildman–Crippen LogP) is -0.752. The van der Waals surface area contributed by atoms with Gasteiger partial charge in [-0.05, 0) is 32.1 Å². The summed E-state index contributed by atoms with van der Waals surface area (Å²) in [7, 11) is 0. The van der Waals surface area contributed by atoms with Crippen molar-refractivity contribution >= 4 is 11.8 Å². The molecule has 2 aliphatic rings. The van der Waals surface area contributed by atoms with Gasteiger partial charge >= 0.3 is 5.69 Å². The molecule has 120 valence electrons. The molecule has 0 saturated carbocycles. The van der Waals surface area contributed by atoms with Crippen LogP contribution in [-0.2, 0) is 29.1 Å². The molecule has 0 spiro atoms. The van der Waals surface area contributed by atoms with E-state index in [-0.39, 0.29) is 18.1 Å². The SMILES string of the molecule is NC(=O)C1CCCCN1C(=O)Cn1nc2n(c1=O)CCCC2. The Hall–Kier alpha value is -2.12. The Morgan fingerprint density at radius 3 is 2.68 bits per heavy atom. The Kier molecular flexibility index (Phi) is 4.00. The summed E-state index contributed by atoms with van der Waals surface area (Å²) in [5.41, 5.74) is 5.14. The van der Waals surface area contributed by atoms with Crippen molar-refractivity contribution in [3.8, 4) is 0 Å². The normalized spacial score (nSPS) is 21.5. The highest BCUT2D eigenvalue weighted by atomic mass is 16.2. The lowest BCUT2D eigenvalue weighted by Crippen LogP contribution is -2.51. The van der Waals surface area contributed by atoms with E-state index in [2.05, 4.69) is 5.10 Å². The number of primary amides is 1. The molecule has 0 aliphatic carbocycles. The third-order valence-corrected chi connectivity index (χ3v) is 4.47. The molecule has 2 aliphatic heterocycles. The number of hydrogen-bond acceptors (Lipinski definition) is 4. The quantitative estimate of drug-likeness (QED) is 0.793. The zero-order valence-corrected chi connectivity index (χ0v) is 12.5. The second-order valence-electron chi connectivity index (χ2n) is 5.97. The average molecular weight is 307 g/mol. The molecule has 2 N–H and O–H groups in total. The molecule has 8 nitrogen and oxygen atoms in total. The van der Waals surface area contributed by atoms with Crippen molar-refractivity contribution in [2.75, 3.05) is 6.54 Å². The molecule has 3 rings (SSSR count). The van der Waals surface area contributed by atoms with Gasteiger partial charge in [0.15, 0.2) is 0 Å². The highest BCUT2D eigenvalue weighted by Gasteiger charge is 2.31. The van der Waals surface area contributed by atoms with Crippen molar-refractivity contribution in [3.63, 3.8) is 0 Å². The number of nitrogens with zero attached hydrogens (tertiary/aromatic N) is 4. The van der Waals surface area contributed by atoms with Gasteiger partial charge in [-0.15, -0.1) is 0 Å². The summed E-state index contributed by atoms with van der Waals surface area (Å²) in [5, 5.41) is 4.26. The lowest BCUT2D eigenvalue weighted by atomic mass is 10.0. The van der Waals surface area contributed by atoms with E-state index in [1.54, 1.807) is 4.57 Å². The van der Waals surface area contributed by atoms with Crippen LogP contribution in [-0.4, -0.2) is 43.6 Å². The van der Waals surface area contributed by atoms with Gasteiger partial charge in [0.05, 0.1) is 0 Å². The second kappa shape index (κ2) is 5.94. The van der Waals surface area contributed by atoms with E-state index in [1.807, 2.05) is 0 Å². The summed E-state index contributed by atoms with van der Waals surface area (Å²) in [6, 6.07) is -0.561. The lowest BCUT2D eigenvalue weighted by Gasteiger charge is -2.33. The molecular weight excluding hydrogens is 286 g/mol. The monoisotopic (exact) mass is 307 g/mol. The van der Waals surface area contributed by atoms with Gasteiger partial charge in [-0.3, -0.25) is 14.2 Å². The first-order valence-corrected chi connectivity index (χ1v) is 7.83. The van der Waals surface area contributed by atoms with Crippen LogP contribution in [0.25, 0.3) is 0 Å². The first-order valence-electron chi connectivity index (χ1n) is 7.83. The van der Waals surface area contributed by atoms with Crippen LogP contribution < -0.4 is 11.4 Å². The number of hydrogen-bond donors (Lipinski definition) is 1. The molecule has 1 atom stereocenters. The van der Waals surface area contributed by atoms with E-state index in [0.717, 1.165) is 37.9 Å². The number of nitrogens with two attached hydrogens (primary N) is 1. The average Bonchev–Trinajstić information content (AvgIpc) is 2.84. The Labute approximate surface area is 127 Å².